The van der Waals surface area contributed by atoms with Gasteiger partial charge in [-0.1, -0.05) is 48.0 Å². The quantitative estimate of drug-likeness (QED) is 0.886. The summed E-state index contributed by atoms with van der Waals surface area (Å²) in [5.41, 5.74) is 9.60. The van der Waals surface area contributed by atoms with Gasteiger partial charge >= 0.3 is 0 Å². The van der Waals surface area contributed by atoms with Gasteiger partial charge in [0.1, 0.15) is 0 Å². The number of hydrogen-bond acceptors (Lipinski definition) is 1. The molecule has 1 saturated carbocycles. The summed E-state index contributed by atoms with van der Waals surface area (Å²) in [4.78, 5) is 0. The smallest absolute Gasteiger partial charge is 0.0406 e. The van der Waals surface area contributed by atoms with Crippen molar-refractivity contribution in [1.82, 2.24) is 0 Å². The van der Waals surface area contributed by atoms with E-state index in [1.165, 1.54) is 23.1 Å². The number of hydrogen-bond donors (Lipinski definition) is 1. The lowest BCUT2D eigenvalue weighted by atomic mass is 10.0. The van der Waals surface area contributed by atoms with Gasteiger partial charge in [-0.05, 0) is 53.6 Å². The van der Waals surface area contributed by atoms with E-state index in [-0.39, 0.29) is 12.4 Å². The lowest BCUT2D eigenvalue weighted by molar-refractivity contribution is 0.810. The van der Waals surface area contributed by atoms with E-state index in [1.807, 2.05) is 12.1 Å². The maximum atomic E-state index is 5.91. The zero-order chi connectivity index (χ0) is 12.5. The molecule has 1 fully saturated rings. The van der Waals surface area contributed by atoms with Gasteiger partial charge in [-0.2, -0.15) is 0 Å². The second-order valence-corrected chi connectivity index (χ2v) is 5.41. The van der Waals surface area contributed by atoms with E-state index in [0.717, 1.165) is 11.6 Å². The SMILES string of the molecule is Cl.NCC1CC1c1cccc(-c2ccc(Cl)cc2)c1. The second kappa shape index (κ2) is 5.96. The molecule has 3 heteroatoms. The zero-order valence-corrected chi connectivity index (χ0v) is 12.1. The van der Waals surface area contributed by atoms with Crippen molar-refractivity contribution in [2.45, 2.75) is 12.3 Å². The van der Waals surface area contributed by atoms with E-state index in [2.05, 4.69) is 36.4 Å². The Hall–Kier alpha value is -1.02. The molecule has 0 bridgehead atoms. The van der Waals surface area contributed by atoms with Crippen molar-refractivity contribution in [2.75, 3.05) is 6.54 Å². The average molecular weight is 294 g/mol. The molecule has 0 aliphatic heterocycles. The molecule has 1 aliphatic carbocycles. The highest BCUT2D eigenvalue weighted by atomic mass is 35.5. The van der Waals surface area contributed by atoms with Crippen LogP contribution in [0.1, 0.15) is 17.9 Å². The van der Waals surface area contributed by atoms with Crippen LogP contribution in [0, 0.1) is 5.92 Å². The third-order valence-electron chi connectivity index (χ3n) is 3.72. The first-order valence-electron chi connectivity index (χ1n) is 6.34. The topological polar surface area (TPSA) is 26.0 Å². The first-order chi connectivity index (χ1) is 8.78. The molecule has 0 amide bonds. The average Bonchev–Trinajstić information content (AvgIpc) is 3.19. The van der Waals surface area contributed by atoms with Crippen LogP contribution in [0.3, 0.4) is 0 Å². The fraction of sp³-hybridized carbons (Fsp3) is 0.250. The van der Waals surface area contributed by atoms with Gasteiger partial charge in [0.15, 0.2) is 0 Å². The Kier molecular flexibility index (Phi) is 4.51. The minimum atomic E-state index is 0. The molecule has 2 unspecified atom stereocenters. The first-order valence-corrected chi connectivity index (χ1v) is 6.71. The molecule has 19 heavy (non-hydrogen) atoms. The highest BCUT2D eigenvalue weighted by molar-refractivity contribution is 6.30. The van der Waals surface area contributed by atoms with Gasteiger partial charge < -0.3 is 5.73 Å². The molecule has 2 atom stereocenters. The lowest BCUT2D eigenvalue weighted by Crippen LogP contribution is -2.01. The molecule has 2 aromatic rings. The van der Waals surface area contributed by atoms with Crippen LogP contribution in [0.2, 0.25) is 5.02 Å². The summed E-state index contributed by atoms with van der Waals surface area (Å²) < 4.78 is 0. The lowest BCUT2D eigenvalue weighted by Gasteiger charge is -2.05. The van der Waals surface area contributed by atoms with E-state index < -0.39 is 0 Å². The summed E-state index contributed by atoms with van der Waals surface area (Å²) in [6.07, 6.45) is 1.24. The normalized spacial score (nSPS) is 20.7. The highest BCUT2D eigenvalue weighted by Gasteiger charge is 2.36. The number of benzene rings is 2. The minimum absolute atomic E-state index is 0. The van der Waals surface area contributed by atoms with E-state index in [9.17, 15) is 0 Å². The van der Waals surface area contributed by atoms with Crippen LogP contribution >= 0.6 is 24.0 Å². The Morgan fingerprint density at radius 2 is 1.79 bits per heavy atom. The van der Waals surface area contributed by atoms with Gasteiger partial charge in [-0.3, -0.25) is 0 Å². The Morgan fingerprint density at radius 1 is 1.05 bits per heavy atom. The van der Waals surface area contributed by atoms with Gasteiger partial charge in [-0.15, -0.1) is 12.4 Å². The third kappa shape index (κ3) is 3.11. The Labute approximate surface area is 125 Å². The maximum Gasteiger partial charge on any atom is 0.0406 e. The largest absolute Gasteiger partial charge is 0.330 e. The van der Waals surface area contributed by atoms with Gasteiger partial charge in [-0.25, -0.2) is 0 Å². The predicted molar refractivity (Wildman–Crippen MR) is 84.0 cm³/mol. The molecule has 0 aromatic heterocycles. The first kappa shape index (κ1) is 14.4. The summed E-state index contributed by atoms with van der Waals surface area (Å²) in [5, 5.41) is 0.778. The van der Waals surface area contributed by atoms with Crippen molar-refractivity contribution in [3.05, 3.63) is 59.1 Å². The molecule has 0 spiro atoms. The summed E-state index contributed by atoms with van der Waals surface area (Å²) >= 11 is 5.91. The number of rotatable bonds is 3. The Bertz CT molecular complexity index is 551. The van der Waals surface area contributed by atoms with E-state index in [0.29, 0.717) is 11.8 Å². The van der Waals surface area contributed by atoms with Crippen molar-refractivity contribution < 1.29 is 0 Å². The molecule has 3 rings (SSSR count). The van der Waals surface area contributed by atoms with Crippen LogP contribution in [0.5, 0.6) is 0 Å². The fourth-order valence-corrected chi connectivity index (χ4v) is 2.63. The molecule has 0 saturated heterocycles. The van der Waals surface area contributed by atoms with Crippen molar-refractivity contribution in [3.63, 3.8) is 0 Å². The number of halogens is 2. The third-order valence-corrected chi connectivity index (χ3v) is 3.97. The highest BCUT2D eigenvalue weighted by Crippen LogP contribution is 2.47. The minimum Gasteiger partial charge on any atom is -0.330 e. The molecule has 1 aliphatic rings. The predicted octanol–water partition coefficient (Wildman–Crippen LogP) is 4.49. The summed E-state index contributed by atoms with van der Waals surface area (Å²) in [5.74, 6) is 1.35. The Morgan fingerprint density at radius 3 is 2.42 bits per heavy atom. The van der Waals surface area contributed by atoms with Gasteiger partial charge in [0.05, 0.1) is 0 Å². The molecule has 2 aromatic carbocycles. The summed E-state index contributed by atoms with van der Waals surface area (Å²) in [6, 6.07) is 16.8. The molecule has 100 valence electrons. The molecule has 0 heterocycles. The molecular formula is C16H17Cl2N. The standard InChI is InChI=1S/C16H16ClN.ClH/c17-15-6-4-11(5-7-15)12-2-1-3-13(8-12)16-9-14(16)10-18;/h1-8,14,16H,9-10,18H2;1H. The molecule has 0 radical (unpaired) electrons. The van der Waals surface area contributed by atoms with Crippen LogP contribution in [-0.2, 0) is 0 Å². The van der Waals surface area contributed by atoms with Crippen molar-refractivity contribution in [3.8, 4) is 11.1 Å². The van der Waals surface area contributed by atoms with E-state index >= 15 is 0 Å². The van der Waals surface area contributed by atoms with Gasteiger partial charge in [0.2, 0.25) is 0 Å². The summed E-state index contributed by atoms with van der Waals surface area (Å²) in [6.45, 7) is 0.801. The fourth-order valence-electron chi connectivity index (χ4n) is 2.51. The van der Waals surface area contributed by atoms with Gasteiger partial charge in [0.25, 0.3) is 0 Å². The van der Waals surface area contributed by atoms with E-state index in [1.54, 1.807) is 0 Å². The molecule has 1 nitrogen and oxygen atoms in total. The van der Waals surface area contributed by atoms with Crippen LogP contribution in [0.4, 0.5) is 0 Å². The second-order valence-electron chi connectivity index (χ2n) is 4.97. The van der Waals surface area contributed by atoms with Crippen LogP contribution in [0.25, 0.3) is 11.1 Å². The van der Waals surface area contributed by atoms with Gasteiger partial charge in [0, 0.05) is 5.02 Å². The summed E-state index contributed by atoms with van der Waals surface area (Å²) in [7, 11) is 0. The molecular weight excluding hydrogens is 277 g/mol. The van der Waals surface area contributed by atoms with Crippen molar-refractivity contribution >= 4 is 24.0 Å². The van der Waals surface area contributed by atoms with Crippen LogP contribution in [-0.4, -0.2) is 6.54 Å². The van der Waals surface area contributed by atoms with E-state index in [4.69, 9.17) is 17.3 Å². The van der Waals surface area contributed by atoms with Crippen molar-refractivity contribution in [2.24, 2.45) is 11.7 Å². The van der Waals surface area contributed by atoms with Crippen LogP contribution in [0.15, 0.2) is 48.5 Å². The van der Waals surface area contributed by atoms with Crippen LogP contribution < -0.4 is 5.73 Å². The maximum absolute atomic E-state index is 5.91. The monoisotopic (exact) mass is 293 g/mol. The molecule has 2 N–H and O–H groups in total. The number of nitrogens with two attached hydrogens (primary N) is 1. The Balaban J connectivity index is 0.00000133. The van der Waals surface area contributed by atoms with Crippen molar-refractivity contribution in [1.29, 1.82) is 0 Å². The zero-order valence-electron chi connectivity index (χ0n) is 10.6.